The molecule has 1 aliphatic rings. The fourth-order valence-corrected chi connectivity index (χ4v) is 1.96. The van der Waals surface area contributed by atoms with Gasteiger partial charge in [-0.3, -0.25) is 0 Å². The molecule has 0 aromatic rings. The van der Waals surface area contributed by atoms with E-state index in [0.29, 0.717) is 0 Å². The molecule has 1 aliphatic carbocycles. The van der Waals surface area contributed by atoms with Crippen molar-refractivity contribution in [3.8, 4) is 0 Å². The first-order valence-electron chi connectivity index (χ1n) is 3.55. The van der Waals surface area contributed by atoms with Crippen LogP contribution in [0.4, 0.5) is 0 Å². The van der Waals surface area contributed by atoms with Gasteiger partial charge in [0.2, 0.25) is 10.0 Å². The van der Waals surface area contributed by atoms with Gasteiger partial charge in [-0.15, -0.1) is 0 Å². The van der Waals surface area contributed by atoms with Crippen LogP contribution in [0.15, 0.2) is 24.3 Å². The average molecular weight is 188 g/mol. The Morgan fingerprint density at radius 1 is 1.42 bits per heavy atom. The van der Waals surface area contributed by atoms with E-state index in [1.807, 2.05) is 0 Å². The minimum absolute atomic E-state index is 0.294. The zero-order valence-electron chi connectivity index (χ0n) is 6.77. The molecule has 0 fully saturated rings. The average Bonchev–Trinajstić information content (AvgIpc) is 1.93. The zero-order valence-corrected chi connectivity index (χ0v) is 7.58. The van der Waals surface area contributed by atoms with E-state index in [-0.39, 0.29) is 5.92 Å². The number of hydrogen-bond acceptors (Lipinski definition) is 3. The molecule has 68 valence electrons. The predicted molar refractivity (Wildman–Crippen MR) is 47.5 cm³/mol. The summed E-state index contributed by atoms with van der Waals surface area (Å²) in [4.78, 5) is -1.44. The lowest BCUT2D eigenvalue weighted by atomic mass is 9.97. The van der Waals surface area contributed by atoms with E-state index in [2.05, 4.69) is 0 Å². The van der Waals surface area contributed by atoms with Gasteiger partial charge in [0.05, 0.1) is 0 Å². The number of primary sulfonamides is 1. The van der Waals surface area contributed by atoms with Crippen LogP contribution >= 0.6 is 0 Å². The van der Waals surface area contributed by atoms with E-state index in [0.717, 1.165) is 0 Å². The largest absolute Gasteiger partial charge is 0.308 e. The molecule has 0 spiro atoms. The van der Waals surface area contributed by atoms with Crippen LogP contribution in [0, 0.1) is 5.92 Å². The molecule has 2 atom stereocenters. The Labute approximate surface area is 72.0 Å². The molecule has 0 bridgehead atoms. The Bertz CT molecular complexity index is 331. The maximum absolute atomic E-state index is 11.1. The van der Waals surface area contributed by atoms with Crippen molar-refractivity contribution in [1.29, 1.82) is 0 Å². The summed E-state index contributed by atoms with van der Waals surface area (Å²) in [5.74, 6) is -0.294. The summed E-state index contributed by atoms with van der Waals surface area (Å²) in [7, 11) is -3.73. The van der Waals surface area contributed by atoms with Crippen molar-refractivity contribution in [1.82, 2.24) is 0 Å². The Morgan fingerprint density at radius 3 is 2.33 bits per heavy atom. The van der Waals surface area contributed by atoms with E-state index in [9.17, 15) is 8.42 Å². The first-order valence-corrected chi connectivity index (χ1v) is 5.10. The van der Waals surface area contributed by atoms with Gasteiger partial charge in [-0.25, -0.2) is 13.6 Å². The van der Waals surface area contributed by atoms with E-state index in [4.69, 9.17) is 10.9 Å². The Kier molecular flexibility index (Phi) is 2.11. The molecule has 0 aliphatic heterocycles. The molecule has 5 heteroatoms. The predicted octanol–water partition coefficient (Wildman–Crippen LogP) is -0.308. The van der Waals surface area contributed by atoms with Crippen LogP contribution in [0.2, 0.25) is 0 Å². The SMILES string of the molecule is CC1C=CC=CC1(N)S(N)(=O)=O. The minimum Gasteiger partial charge on any atom is -0.308 e. The molecule has 0 radical (unpaired) electrons. The molecular formula is C7H12N2O2S. The van der Waals surface area contributed by atoms with Crippen LogP contribution < -0.4 is 10.9 Å². The van der Waals surface area contributed by atoms with E-state index in [1.54, 1.807) is 25.2 Å². The van der Waals surface area contributed by atoms with Crippen LogP contribution in [0.3, 0.4) is 0 Å². The number of rotatable bonds is 1. The minimum atomic E-state index is -3.73. The van der Waals surface area contributed by atoms with Gasteiger partial charge in [0.25, 0.3) is 0 Å². The molecule has 0 amide bonds. The van der Waals surface area contributed by atoms with E-state index in [1.165, 1.54) is 6.08 Å². The second kappa shape index (κ2) is 2.69. The Hall–Kier alpha value is -0.650. The van der Waals surface area contributed by atoms with Gasteiger partial charge in [0, 0.05) is 5.92 Å². The zero-order chi connectivity index (χ0) is 9.41. The Balaban J connectivity index is 3.16. The molecule has 0 aromatic heterocycles. The van der Waals surface area contributed by atoms with Crippen LogP contribution in [-0.2, 0) is 10.0 Å². The lowest BCUT2D eigenvalue weighted by Crippen LogP contribution is -2.54. The molecule has 1 rings (SSSR count). The quantitative estimate of drug-likeness (QED) is 0.592. The van der Waals surface area contributed by atoms with Crippen LogP contribution in [0.5, 0.6) is 0 Å². The molecule has 0 saturated carbocycles. The van der Waals surface area contributed by atoms with Crippen molar-refractivity contribution >= 4 is 10.0 Å². The summed E-state index contributed by atoms with van der Waals surface area (Å²) in [6, 6.07) is 0. The number of nitrogens with two attached hydrogens (primary N) is 2. The third kappa shape index (κ3) is 1.31. The first-order chi connectivity index (χ1) is 5.38. The van der Waals surface area contributed by atoms with Crippen molar-refractivity contribution in [3.63, 3.8) is 0 Å². The standard InChI is InChI=1S/C7H12N2O2S/c1-6-4-2-3-5-7(6,8)12(9,10)11/h2-6H,8H2,1H3,(H2,9,10,11). The highest BCUT2D eigenvalue weighted by molar-refractivity contribution is 7.90. The smallest absolute Gasteiger partial charge is 0.232 e. The van der Waals surface area contributed by atoms with Crippen molar-refractivity contribution in [2.45, 2.75) is 11.8 Å². The molecule has 0 heterocycles. The van der Waals surface area contributed by atoms with Crippen LogP contribution in [0.25, 0.3) is 0 Å². The van der Waals surface area contributed by atoms with E-state index >= 15 is 0 Å². The van der Waals surface area contributed by atoms with Gasteiger partial charge in [-0.1, -0.05) is 25.2 Å². The number of sulfonamides is 1. The number of hydrogen-bond donors (Lipinski definition) is 2. The van der Waals surface area contributed by atoms with Gasteiger partial charge < -0.3 is 5.73 Å². The second-order valence-corrected chi connectivity index (χ2v) is 4.73. The first kappa shape index (κ1) is 9.44. The Morgan fingerprint density at radius 2 is 2.00 bits per heavy atom. The molecule has 4 nitrogen and oxygen atoms in total. The summed E-state index contributed by atoms with van der Waals surface area (Å²) >= 11 is 0. The third-order valence-corrected chi connectivity index (χ3v) is 3.57. The fourth-order valence-electron chi connectivity index (χ4n) is 1.09. The maximum atomic E-state index is 11.1. The normalized spacial score (nSPS) is 35.4. The van der Waals surface area contributed by atoms with Crippen molar-refractivity contribution in [2.24, 2.45) is 16.8 Å². The number of allylic oxidation sites excluding steroid dienone is 2. The monoisotopic (exact) mass is 188 g/mol. The molecule has 2 unspecified atom stereocenters. The second-order valence-electron chi connectivity index (χ2n) is 2.93. The van der Waals surface area contributed by atoms with Crippen molar-refractivity contribution < 1.29 is 8.42 Å². The summed E-state index contributed by atoms with van der Waals surface area (Å²) in [5.41, 5.74) is 5.63. The van der Waals surface area contributed by atoms with Gasteiger partial charge in [0.1, 0.15) is 0 Å². The summed E-state index contributed by atoms with van der Waals surface area (Å²) in [6.07, 6.45) is 6.46. The van der Waals surface area contributed by atoms with Gasteiger partial charge >= 0.3 is 0 Å². The molecule has 0 saturated heterocycles. The van der Waals surface area contributed by atoms with Crippen molar-refractivity contribution in [2.75, 3.05) is 0 Å². The van der Waals surface area contributed by atoms with Gasteiger partial charge in [0.15, 0.2) is 4.87 Å². The third-order valence-electron chi connectivity index (χ3n) is 2.07. The summed E-state index contributed by atoms with van der Waals surface area (Å²) < 4.78 is 22.2. The highest BCUT2D eigenvalue weighted by Gasteiger charge is 2.40. The van der Waals surface area contributed by atoms with Gasteiger partial charge in [-0.05, 0) is 6.08 Å². The summed E-state index contributed by atoms with van der Waals surface area (Å²) in [6.45, 7) is 1.71. The highest BCUT2D eigenvalue weighted by atomic mass is 32.2. The lowest BCUT2D eigenvalue weighted by Gasteiger charge is -2.29. The summed E-state index contributed by atoms with van der Waals surface area (Å²) in [5, 5.41) is 5.00. The highest BCUT2D eigenvalue weighted by Crippen LogP contribution is 2.24. The van der Waals surface area contributed by atoms with E-state index < -0.39 is 14.9 Å². The molecule has 0 aromatic carbocycles. The maximum Gasteiger partial charge on any atom is 0.232 e. The topological polar surface area (TPSA) is 86.2 Å². The molecule has 12 heavy (non-hydrogen) atoms. The molecule has 4 N–H and O–H groups in total. The van der Waals surface area contributed by atoms with Crippen molar-refractivity contribution in [3.05, 3.63) is 24.3 Å². The van der Waals surface area contributed by atoms with Crippen LogP contribution in [0.1, 0.15) is 6.92 Å². The fraction of sp³-hybridized carbons (Fsp3) is 0.429. The van der Waals surface area contributed by atoms with Gasteiger partial charge in [-0.2, -0.15) is 0 Å². The molecular weight excluding hydrogens is 176 g/mol. The van der Waals surface area contributed by atoms with Crippen LogP contribution in [-0.4, -0.2) is 13.3 Å². The lowest BCUT2D eigenvalue weighted by molar-refractivity contribution is 0.501.